The Morgan fingerprint density at radius 1 is 0.600 bits per heavy atom. The molecule has 0 spiro atoms. The first-order valence-electron chi connectivity index (χ1n) is 14.3. The van der Waals surface area contributed by atoms with Crippen LogP contribution in [0.3, 0.4) is 0 Å². The molecule has 8 nitrogen and oxygen atoms in total. The molecule has 0 aliphatic carbocycles. The van der Waals surface area contributed by atoms with Crippen molar-refractivity contribution in [2.45, 2.75) is 34.1 Å². The Kier molecular flexibility index (Phi) is 10.1. The van der Waals surface area contributed by atoms with Crippen LogP contribution in [0.4, 0.5) is 0 Å². The molecule has 0 saturated heterocycles. The molecular formula is C37H34N2O6. The number of hydrogen-bond acceptors (Lipinski definition) is 4. The third-order valence-electron chi connectivity index (χ3n) is 7.69. The summed E-state index contributed by atoms with van der Waals surface area (Å²) in [5, 5.41) is 46.8. The minimum Gasteiger partial charge on any atom is -0.872 e. The second kappa shape index (κ2) is 14.1. The van der Waals surface area contributed by atoms with Crippen LogP contribution in [0.2, 0.25) is 0 Å². The van der Waals surface area contributed by atoms with Gasteiger partial charge in [0.1, 0.15) is 0 Å². The first kappa shape index (κ1) is 32.2. The topological polar surface area (TPSA) is 149 Å². The maximum atomic E-state index is 12.9. The molecule has 8 heteroatoms. The maximum Gasteiger partial charge on any atom is 0.335 e. The average molecular weight is 603 g/mol. The molecule has 4 N–H and O–H groups in total. The Hall–Kier alpha value is -5.76. The van der Waals surface area contributed by atoms with Crippen LogP contribution < -0.4 is 20.2 Å². The van der Waals surface area contributed by atoms with Gasteiger partial charge < -0.3 is 20.4 Å². The lowest BCUT2D eigenvalue weighted by atomic mass is 9.90. The first-order valence-corrected chi connectivity index (χ1v) is 14.3. The number of carbonyl (C=O) groups is 2. The normalized spacial score (nSPS) is 10.4. The minimum absolute atomic E-state index is 0.158. The van der Waals surface area contributed by atoms with E-state index in [1.807, 2.05) is 24.5 Å². The Morgan fingerprint density at radius 3 is 1.29 bits per heavy atom. The number of carboxylic acid groups (broad SMARTS) is 2. The molecule has 0 aliphatic rings. The molecule has 0 radical (unpaired) electrons. The van der Waals surface area contributed by atoms with Gasteiger partial charge in [-0.25, -0.2) is 19.6 Å². The number of aromatic carboxylic acids is 2. The van der Waals surface area contributed by atoms with Gasteiger partial charge in [0, 0.05) is 37.1 Å². The summed E-state index contributed by atoms with van der Waals surface area (Å²) in [6, 6.07) is 24.4. The summed E-state index contributed by atoms with van der Waals surface area (Å²) in [5.41, 5.74) is 4.66. The number of carboxylic acids is 2. The number of aromatic amines is 2. The van der Waals surface area contributed by atoms with Crippen LogP contribution in [0.25, 0.3) is 21.5 Å². The second-order valence-electron chi connectivity index (χ2n) is 10.6. The number of rotatable bonds is 4. The number of pyridine rings is 2. The lowest BCUT2D eigenvalue weighted by Gasteiger charge is -2.24. The van der Waals surface area contributed by atoms with E-state index >= 15 is 0 Å². The Bertz CT molecular complexity index is 1830. The van der Waals surface area contributed by atoms with E-state index in [2.05, 4.69) is 49.8 Å². The summed E-state index contributed by atoms with van der Waals surface area (Å²) in [7, 11) is 0. The molecule has 228 valence electrons. The molecule has 2 heterocycles. The number of aryl methyl sites for hydroxylation is 4. The van der Waals surface area contributed by atoms with Crippen molar-refractivity contribution in [2.75, 3.05) is 0 Å². The molecule has 6 aromatic rings. The predicted octanol–water partition coefficient (Wildman–Crippen LogP) is 5.36. The lowest BCUT2D eigenvalue weighted by Crippen LogP contribution is -2.11. The molecule has 4 aromatic carbocycles. The summed E-state index contributed by atoms with van der Waals surface area (Å²) >= 11 is 0. The first-order chi connectivity index (χ1) is 21.5. The molecular weight excluding hydrogens is 568 g/mol. The van der Waals surface area contributed by atoms with Crippen molar-refractivity contribution in [3.05, 3.63) is 142 Å². The molecule has 0 saturated carbocycles. The van der Waals surface area contributed by atoms with Gasteiger partial charge in [-0.15, -0.1) is 0 Å². The molecule has 6 rings (SSSR count). The molecule has 0 aliphatic heterocycles. The number of hydrogen-bond donors (Lipinski definition) is 2. The zero-order valence-corrected chi connectivity index (χ0v) is 25.5. The van der Waals surface area contributed by atoms with Crippen molar-refractivity contribution in [2.24, 2.45) is 0 Å². The van der Waals surface area contributed by atoms with Crippen LogP contribution in [0, 0.1) is 27.7 Å². The van der Waals surface area contributed by atoms with Gasteiger partial charge in [-0.2, -0.15) is 0 Å². The number of fused-ring (bicyclic) bond motifs is 2. The molecule has 0 amide bonds. The highest BCUT2D eigenvalue weighted by Crippen LogP contribution is 2.36. The summed E-state index contributed by atoms with van der Waals surface area (Å²) in [6.45, 7) is 8.31. The van der Waals surface area contributed by atoms with Crippen molar-refractivity contribution in [3.63, 3.8) is 0 Å². The molecule has 2 aromatic heterocycles. The molecule has 0 atom stereocenters. The Morgan fingerprint density at radius 2 is 0.978 bits per heavy atom. The van der Waals surface area contributed by atoms with Gasteiger partial charge >= 0.3 is 11.9 Å². The fourth-order valence-corrected chi connectivity index (χ4v) is 4.86. The van der Waals surface area contributed by atoms with Gasteiger partial charge in [0.2, 0.25) is 0 Å². The van der Waals surface area contributed by atoms with Gasteiger partial charge in [-0.05, 0) is 77.2 Å². The van der Waals surface area contributed by atoms with E-state index in [4.69, 9.17) is 0 Å². The highest BCUT2D eigenvalue weighted by Gasteiger charge is 2.16. The van der Waals surface area contributed by atoms with Crippen LogP contribution in [0.5, 0.6) is 11.5 Å². The average Bonchev–Trinajstić information content (AvgIpc) is 3.02. The third-order valence-corrected chi connectivity index (χ3v) is 7.69. The predicted molar refractivity (Wildman–Crippen MR) is 168 cm³/mol. The Labute approximate surface area is 260 Å². The smallest absolute Gasteiger partial charge is 0.335 e. The molecule has 0 unspecified atom stereocenters. The van der Waals surface area contributed by atoms with E-state index < -0.39 is 23.4 Å². The quantitative estimate of drug-likeness (QED) is 0.277. The van der Waals surface area contributed by atoms with Crippen LogP contribution in [0.1, 0.15) is 54.4 Å². The SMILES string of the molecule is Cc1ccc[nH+]c1C.Cc1ccc[nH+]c1C.O=C(O)c1cc2ccccc2c(Cc2c([O-])c(C(=O)O)cc3ccccc23)c1[O-]. The van der Waals surface area contributed by atoms with Crippen LogP contribution in [-0.4, -0.2) is 22.2 Å². The minimum atomic E-state index is -1.35. The van der Waals surface area contributed by atoms with Crippen LogP contribution in [-0.2, 0) is 6.42 Å². The number of nitrogens with one attached hydrogen (secondary N) is 2. The number of aromatic nitrogens is 2. The van der Waals surface area contributed by atoms with E-state index in [1.54, 1.807) is 48.5 Å². The van der Waals surface area contributed by atoms with E-state index in [9.17, 15) is 30.0 Å². The summed E-state index contributed by atoms with van der Waals surface area (Å²) in [4.78, 5) is 29.3. The van der Waals surface area contributed by atoms with Crippen molar-refractivity contribution in [1.29, 1.82) is 0 Å². The fraction of sp³-hybridized carbons (Fsp3) is 0.135. The van der Waals surface area contributed by atoms with Gasteiger partial charge in [0.15, 0.2) is 23.8 Å². The molecule has 0 fully saturated rings. The van der Waals surface area contributed by atoms with E-state index in [0.29, 0.717) is 21.5 Å². The largest absolute Gasteiger partial charge is 0.872 e. The van der Waals surface area contributed by atoms with Crippen molar-refractivity contribution in [3.8, 4) is 11.5 Å². The van der Waals surface area contributed by atoms with Gasteiger partial charge in [0.05, 0.1) is 11.1 Å². The maximum absolute atomic E-state index is 12.9. The monoisotopic (exact) mass is 602 g/mol. The zero-order valence-electron chi connectivity index (χ0n) is 25.5. The lowest BCUT2D eigenvalue weighted by molar-refractivity contribution is -0.388. The van der Waals surface area contributed by atoms with E-state index in [-0.39, 0.29) is 28.7 Å². The van der Waals surface area contributed by atoms with Gasteiger partial charge in [-0.3, -0.25) is 0 Å². The molecule has 0 bridgehead atoms. The second-order valence-corrected chi connectivity index (χ2v) is 10.6. The third kappa shape index (κ3) is 7.43. The van der Waals surface area contributed by atoms with E-state index in [0.717, 1.165) is 0 Å². The van der Waals surface area contributed by atoms with Crippen molar-refractivity contribution < 1.29 is 40.0 Å². The van der Waals surface area contributed by atoms with Crippen LogP contribution >= 0.6 is 0 Å². The fourth-order valence-electron chi connectivity index (χ4n) is 4.86. The summed E-state index contributed by atoms with van der Waals surface area (Å²) in [5.74, 6) is -4.07. The highest BCUT2D eigenvalue weighted by atomic mass is 16.4. The zero-order chi connectivity index (χ0) is 32.7. The van der Waals surface area contributed by atoms with Gasteiger partial charge in [0.25, 0.3) is 0 Å². The van der Waals surface area contributed by atoms with Crippen molar-refractivity contribution in [1.82, 2.24) is 0 Å². The highest BCUT2D eigenvalue weighted by molar-refractivity contribution is 6.02. The summed E-state index contributed by atoms with van der Waals surface area (Å²) < 4.78 is 0. The molecule has 45 heavy (non-hydrogen) atoms. The van der Waals surface area contributed by atoms with E-state index in [1.165, 1.54) is 34.6 Å². The number of H-pyrrole nitrogens is 2. The summed E-state index contributed by atoms with van der Waals surface area (Å²) in [6.07, 6.45) is 3.70. The Balaban J connectivity index is 0.000000234. The van der Waals surface area contributed by atoms with Crippen molar-refractivity contribution >= 4 is 33.5 Å². The van der Waals surface area contributed by atoms with Crippen LogP contribution in [0.15, 0.2) is 97.3 Å². The van der Waals surface area contributed by atoms with Gasteiger partial charge in [-0.1, -0.05) is 60.0 Å². The number of benzene rings is 4. The standard InChI is InChI=1S/C23H16O6.2C7H9N/c24-20-16(14-7-3-1-5-12(14)9-18(20)22(26)27)11-17-15-8-4-2-6-13(15)10-19(21(17)25)23(28)29;2*1-6-4-3-5-8-7(6)2/h1-10,24-25H,11H2,(H,26,27)(H,28,29);2*3-5H,1-2H3.